The van der Waals surface area contributed by atoms with Crippen LogP contribution in [0.1, 0.15) is 43.2 Å². The third kappa shape index (κ3) is 0.969. The van der Waals surface area contributed by atoms with Crippen molar-refractivity contribution in [1.82, 2.24) is 0 Å². The van der Waals surface area contributed by atoms with E-state index < -0.39 is 0 Å². The SMILES string of the molecule is CC1CC2(CC2)c2cccc(Br)c21. The molecule has 0 bridgehead atoms. The van der Waals surface area contributed by atoms with Gasteiger partial charge >= 0.3 is 0 Å². The van der Waals surface area contributed by atoms with Gasteiger partial charge in [-0.05, 0) is 47.8 Å². The molecule has 2 aliphatic rings. The molecule has 0 heterocycles. The molecule has 0 nitrogen and oxygen atoms in total. The summed E-state index contributed by atoms with van der Waals surface area (Å²) in [7, 11) is 0. The lowest BCUT2D eigenvalue weighted by Crippen LogP contribution is -1.98. The topological polar surface area (TPSA) is 0 Å². The van der Waals surface area contributed by atoms with Crippen molar-refractivity contribution in [3.8, 4) is 0 Å². The molecule has 1 atom stereocenters. The molecule has 68 valence electrons. The molecule has 1 fully saturated rings. The lowest BCUT2D eigenvalue weighted by Gasteiger charge is -2.07. The highest BCUT2D eigenvalue weighted by atomic mass is 79.9. The fourth-order valence-corrected chi connectivity index (χ4v) is 3.68. The molecule has 1 aromatic rings. The summed E-state index contributed by atoms with van der Waals surface area (Å²) in [4.78, 5) is 0. The fraction of sp³-hybridized carbons (Fsp3) is 0.500. The number of rotatable bonds is 0. The Bertz CT molecular complexity index is 363. The molecular formula is C12H13Br. The number of halogens is 1. The Hall–Kier alpha value is -0.300. The summed E-state index contributed by atoms with van der Waals surface area (Å²) in [5.41, 5.74) is 3.83. The van der Waals surface area contributed by atoms with Crippen LogP contribution in [0.2, 0.25) is 0 Å². The quantitative estimate of drug-likeness (QED) is 0.640. The monoisotopic (exact) mass is 236 g/mol. The van der Waals surface area contributed by atoms with E-state index in [2.05, 4.69) is 41.1 Å². The number of hydrogen-bond donors (Lipinski definition) is 0. The molecule has 0 saturated heterocycles. The van der Waals surface area contributed by atoms with Gasteiger partial charge in [-0.2, -0.15) is 0 Å². The zero-order valence-electron chi connectivity index (χ0n) is 7.81. The average molecular weight is 237 g/mol. The van der Waals surface area contributed by atoms with Gasteiger partial charge in [0.15, 0.2) is 0 Å². The predicted octanol–water partition coefficient (Wildman–Crippen LogP) is 3.99. The Morgan fingerprint density at radius 2 is 2.15 bits per heavy atom. The summed E-state index contributed by atoms with van der Waals surface area (Å²) in [6.45, 7) is 2.36. The van der Waals surface area contributed by atoms with Gasteiger partial charge in [-0.1, -0.05) is 35.0 Å². The van der Waals surface area contributed by atoms with Gasteiger partial charge in [-0.25, -0.2) is 0 Å². The van der Waals surface area contributed by atoms with Crippen molar-refractivity contribution in [3.63, 3.8) is 0 Å². The molecule has 2 aliphatic carbocycles. The van der Waals surface area contributed by atoms with E-state index in [0.29, 0.717) is 5.41 Å². The Labute approximate surface area is 87.5 Å². The van der Waals surface area contributed by atoms with Crippen LogP contribution in [0.15, 0.2) is 22.7 Å². The summed E-state index contributed by atoms with van der Waals surface area (Å²) in [6.07, 6.45) is 4.21. The molecular weight excluding hydrogens is 224 g/mol. The fourth-order valence-electron chi connectivity index (χ4n) is 2.92. The van der Waals surface area contributed by atoms with Crippen LogP contribution < -0.4 is 0 Å². The molecule has 0 aromatic heterocycles. The van der Waals surface area contributed by atoms with Crippen molar-refractivity contribution in [2.24, 2.45) is 0 Å². The highest BCUT2D eigenvalue weighted by Gasteiger charge is 2.51. The van der Waals surface area contributed by atoms with E-state index in [1.54, 1.807) is 11.1 Å². The van der Waals surface area contributed by atoms with Crippen molar-refractivity contribution in [1.29, 1.82) is 0 Å². The molecule has 1 unspecified atom stereocenters. The molecule has 0 amide bonds. The van der Waals surface area contributed by atoms with Gasteiger partial charge in [0.05, 0.1) is 0 Å². The Morgan fingerprint density at radius 1 is 1.38 bits per heavy atom. The number of benzene rings is 1. The summed E-state index contributed by atoms with van der Waals surface area (Å²) < 4.78 is 1.32. The van der Waals surface area contributed by atoms with Gasteiger partial charge in [0, 0.05) is 4.47 Å². The van der Waals surface area contributed by atoms with Gasteiger partial charge in [0.2, 0.25) is 0 Å². The third-order valence-corrected chi connectivity index (χ3v) is 4.36. The molecule has 1 heteroatoms. The van der Waals surface area contributed by atoms with E-state index in [9.17, 15) is 0 Å². The second kappa shape index (κ2) is 2.38. The van der Waals surface area contributed by atoms with Crippen molar-refractivity contribution in [2.45, 2.75) is 37.5 Å². The standard InChI is InChI=1S/C12H13Br/c1-8-7-12(5-6-12)9-3-2-4-10(13)11(8)9/h2-4,8H,5-7H2,1H3. The van der Waals surface area contributed by atoms with E-state index in [-0.39, 0.29) is 0 Å². The maximum atomic E-state index is 3.67. The van der Waals surface area contributed by atoms with Gasteiger partial charge in [0.25, 0.3) is 0 Å². The maximum absolute atomic E-state index is 3.67. The summed E-state index contributed by atoms with van der Waals surface area (Å²) in [5.74, 6) is 0.757. The minimum atomic E-state index is 0.610. The van der Waals surface area contributed by atoms with Gasteiger partial charge in [-0.3, -0.25) is 0 Å². The Morgan fingerprint density at radius 3 is 2.85 bits per heavy atom. The largest absolute Gasteiger partial charge is 0.0608 e. The van der Waals surface area contributed by atoms with Crippen LogP contribution in [-0.4, -0.2) is 0 Å². The molecule has 1 saturated carbocycles. The van der Waals surface area contributed by atoms with E-state index in [4.69, 9.17) is 0 Å². The molecule has 1 spiro atoms. The zero-order chi connectivity index (χ0) is 9.05. The Kier molecular flexibility index (Phi) is 1.48. The molecule has 3 rings (SSSR count). The van der Waals surface area contributed by atoms with Gasteiger partial charge in [0.1, 0.15) is 0 Å². The lowest BCUT2D eigenvalue weighted by atomic mass is 9.99. The van der Waals surface area contributed by atoms with Crippen LogP contribution in [0.4, 0.5) is 0 Å². The van der Waals surface area contributed by atoms with E-state index in [0.717, 1.165) is 5.92 Å². The first kappa shape index (κ1) is 8.05. The van der Waals surface area contributed by atoms with E-state index in [1.807, 2.05) is 0 Å². The molecule has 0 radical (unpaired) electrons. The molecule has 13 heavy (non-hydrogen) atoms. The minimum absolute atomic E-state index is 0.610. The lowest BCUT2D eigenvalue weighted by molar-refractivity contribution is 0.613. The van der Waals surface area contributed by atoms with Crippen LogP contribution >= 0.6 is 15.9 Å². The maximum Gasteiger partial charge on any atom is 0.0212 e. The zero-order valence-corrected chi connectivity index (χ0v) is 9.39. The molecule has 0 aliphatic heterocycles. The summed E-state index contributed by atoms with van der Waals surface area (Å²) in [6, 6.07) is 6.69. The second-order valence-corrected chi connectivity index (χ2v) is 5.44. The van der Waals surface area contributed by atoms with Crippen molar-refractivity contribution in [2.75, 3.05) is 0 Å². The summed E-state index contributed by atoms with van der Waals surface area (Å²) >= 11 is 3.67. The first-order chi connectivity index (χ1) is 6.23. The molecule has 0 N–H and O–H groups in total. The van der Waals surface area contributed by atoms with Crippen LogP contribution in [0.5, 0.6) is 0 Å². The first-order valence-electron chi connectivity index (χ1n) is 5.02. The smallest absolute Gasteiger partial charge is 0.0212 e. The highest BCUT2D eigenvalue weighted by molar-refractivity contribution is 9.10. The van der Waals surface area contributed by atoms with Gasteiger partial charge in [-0.15, -0.1) is 0 Å². The van der Waals surface area contributed by atoms with Crippen LogP contribution in [0.3, 0.4) is 0 Å². The van der Waals surface area contributed by atoms with Crippen molar-refractivity contribution >= 4 is 15.9 Å². The minimum Gasteiger partial charge on any atom is -0.0608 e. The Balaban J connectivity index is 2.25. The van der Waals surface area contributed by atoms with Crippen LogP contribution in [0.25, 0.3) is 0 Å². The normalized spacial score (nSPS) is 27.7. The number of fused-ring (bicyclic) bond motifs is 2. The first-order valence-corrected chi connectivity index (χ1v) is 5.81. The van der Waals surface area contributed by atoms with Crippen molar-refractivity contribution in [3.05, 3.63) is 33.8 Å². The van der Waals surface area contributed by atoms with E-state index >= 15 is 0 Å². The average Bonchev–Trinajstić information content (AvgIpc) is 2.78. The van der Waals surface area contributed by atoms with Crippen molar-refractivity contribution < 1.29 is 0 Å². The third-order valence-electron chi connectivity index (χ3n) is 3.67. The summed E-state index contributed by atoms with van der Waals surface area (Å²) in [5, 5.41) is 0. The molecule has 1 aromatic carbocycles. The van der Waals surface area contributed by atoms with Crippen LogP contribution in [-0.2, 0) is 5.41 Å². The van der Waals surface area contributed by atoms with Gasteiger partial charge < -0.3 is 0 Å². The predicted molar refractivity (Wildman–Crippen MR) is 58.1 cm³/mol. The van der Waals surface area contributed by atoms with Crippen LogP contribution in [0, 0.1) is 0 Å². The number of hydrogen-bond acceptors (Lipinski definition) is 0. The second-order valence-electron chi connectivity index (χ2n) is 4.59. The van der Waals surface area contributed by atoms with E-state index in [1.165, 1.54) is 23.7 Å². The highest BCUT2D eigenvalue weighted by Crippen LogP contribution is 2.61.